The lowest BCUT2D eigenvalue weighted by molar-refractivity contribution is -0.125. The van der Waals surface area contributed by atoms with Crippen LogP contribution in [0.1, 0.15) is 37.4 Å². The Bertz CT molecular complexity index is 434. The Balaban J connectivity index is 2.84. The van der Waals surface area contributed by atoms with E-state index in [0.29, 0.717) is 0 Å². The van der Waals surface area contributed by atoms with Crippen molar-refractivity contribution in [3.8, 4) is 6.07 Å². The van der Waals surface area contributed by atoms with Crippen LogP contribution in [0.4, 0.5) is 0 Å². The summed E-state index contributed by atoms with van der Waals surface area (Å²) < 4.78 is 0. The number of aryl methyl sites for hydroxylation is 1. The summed E-state index contributed by atoms with van der Waals surface area (Å²) in [5.41, 5.74) is 1.88. The summed E-state index contributed by atoms with van der Waals surface area (Å²) >= 11 is 0. The monoisotopic (exact) mass is 230 g/mol. The molecule has 0 aliphatic carbocycles. The van der Waals surface area contributed by atoms with Crippen molar-refractivity contribution in [3.05, 3.63) is 35.4 Å². The summed E-state index contributed by atoms with van der Waals surface area (Å²) in [6.45, 7) is 5.76. The van der Waals surface area contributed by atoms with Gasteiger partial charge in [0.1, 0.15) is 6.04 Å². The lowest BCUT2D eigenvalue weighted by atomic mass is 10.0. The first-order valence-electron chi connectivity index (χ1n) is 5.85. The van der Waals surface area contributed by atoms with Crippen LogP contribution in [-0.2, 0) is 4.79 Å². The van der Waals surface area contributed by atoms with Gasteiger partial charge in [0, 0.05) is 5.92 Å². The Morgan fingerprint density at radius 3 is 2.65 bits per heavy atom. The molecule has 0 heterocycles. The van der Waals surface area contributed by atoms with Crippen LogP contribution < -0.4 is 5.32 Å². The predicted octanol–water partition coefficient (Wildman–Crippen LogP) is 2.72. The van der Waals surface area contributed by atoms with Crippen LogP contribution in [0, 0.1) is 24.2 Å². The first kappa shape index (κ1) is 13.2. The van der Waals surface area contributed by atoms with Gasteiger partial charge < -0.3 is 5.32 Å². The molecular formula is C14H18N2O. The highest BCUT2D eigenvalue weighted by Gasteiger charge is 2.18. The Morgan fingerprint density at radius 2 is 2.12 bits per heavy atom. The van der Waals surface area contributed by atoms with E-state index in [0.717, 1.165) is 17.5 Å². The lowest BCUT2D eigenvalue weighted by Gasteiger charge is -2.16. The summed E-state index contributed by atoms with van der Waals surface area (Å²) in [5.74, 6) is -0.128. The first-order valence-corrected chi connectivity index (χ1v) is 5.85. The number of carbonyl (C=O) groups is 1. The maximum absolute atomic E-state index is 11.8. The lowest BCUT2D eigenvalue weighted by Crippen LogP contribution is -2.32. The topological polar surface area (TPSA) is 52.9 Å². The minimum atomic E-state index is -0.558. The summed E-state index contributed by atoms with van der Waals surface area (Å²) in [4.78, 5) is 11.8. The third kappa shape index (κ3) is 3.32. The molecule has 3 nitrogen and oxygen atoms in total. The van der Waals surface area contributed by atoms with Crippen molar-refractivity contribution in [2.24, 2.45) is 5.92 Å². The molecule has 0 aliphatic rings. The number of amides is 1. The van der Waals surface area contributed by atoms with Crippen molar-refractivity contribution in [1.29, 1.82) is 5.26 Å². The average molecular weight is 230 g/mol. The van der Waals surface area contributed by atoms with Crippen molar-refractivity contribution in [3.63, 3.8) is 0 Å². The Hall–Kier alpha value is -1.82. The molecule has 90 valence electrons. The molecule has 2 atom stereocenters. The van der Waals surface area contributed by atoms with Gasteiger partial charge in [-0.3, -0.25) is 4.79 Å². The second-order valence-electron chi connectivity index (χ2n) is 4.24. The Labute approximate surface area is 102 Å². The minimum Gasteiger partial charge on any atom is -0.336 e. The van der Waals surface area contributed by atoms with E-state index >= 15 is 0 Å². The number of nitrogens with one attached hydrogen (secondary N) is 1. The fourth-order valence-corrected chi connectivity index (χ4v) is 1.56. The van der Waals surface area contributed by atoms with Crippen molar-refractivity contribution in [2.45, 2.75) is 33.2 Å². The van der Waals surface area contributed by atoms with Crippen LogP contribution in [0.25, 0.3) is 0 Å². The van der Waals surface area contributed by atoms with Crippen molar-refractivity contribution in [2.75, 3.05) is 0 Å². The Morgan fingerprint density at radius 1 is 1.47 bits per heavy atom. The first-order chi connectivity index (χ1) is 8.10. The normalized spacial score (nSPS) is 13.5. The van der Waals surface area contributed by atoms with Crippen LogP contribution in [0.15, 0.2) is 24.3 Å². The number of hydrogen-bond acceptors (Lipinski definition) is 2. The van der Waals surface area contributed by atoms with Gasteiger partial charge in [0.05, 0.1) is 6.07 Å². The zero-order valence-electron chi connectivity index (χ0n) is 10.5. The van der Waals surface area contributed by atoms with E-state index in [4.69, 9.17) is 5.26 Å². The maximum Gasteiger partial charge on any atom is 0.224 e. The average Bonchev–Trinajstić information content (AvgIpc) is 2.35. The third-order valence-corrected chi connectivity index (χ3v) is 2.98. The summed E-state index contributed by atoms with van der Waals surface area (Å²) in [5, 5.41) is 11.9. The van der Waals surface area contributed by atoms with E-state index in [1.54, 1.807) is 0 Å². The van der Waals surface area contributed by atoms with Gasteiger partial charge in [-0.25, -0.2) is 0 Å². The van der Waals surface area contributed by atoms with E-state index in [-0.39, 0.29) is 11.8 Å². The van der Waals surface area contributed by atoms with E-state index in [9.17, 15) is 4.79 Å². The number of benzene rings is 1. The molecule has 1 aromatic carbocycles. The molecule has 0 aromatic heterocycles. The summed E-state index contributed by atoms with van der Waals surface area (Å²) in [7, 11) is 0. The van der Waals surface area contributed by atoms with E-state index < -0.39 is 6.04 Å². The molecular weight excluding hydrogens is 212 g/mol. The van der Waals surface area contributed by atoms with Crippen LogP contribution in [0.3, 0.4) is 0 Å². The summed E-state index contributed by atoms with van der Waals surface area (Å²) in [6, 6.07) is 9.19. The molecule has 17 heavy (non-hydrogen) atoms. The molecule has 1 rings (SSSR count). The van der Waals surface area contributed by atoms with Gasteiger partial charge in [-0.15, -0.1) is 0 Å². The quantitative estimate of drug-likeness (QED) is 0.864. The second-order valence-corrected chi connectivity index (χ2v) is 4.24. The van der Waals surface area contributed by atoms with Crippen molar-refractivity contribution < 1.29 is 4.79 Å². The maximum atomic E-state index is 11.8. The fraction of sp³-hybridized carbons (Fsp3) is 0.429. The largest absolute Gasteiger partial charge is 0.336 e. The van der Waals surface area contributed by atoms with Crippen LogP contribution in [0.2, 0.25) is 0 Å². The summed E-state index contributed by atoms with van der Waals surface area (Å²) in [6.07, 6.45) is 0.776. The van der Waals surface area contributed by atoms with Gasteiger partial charge in [0.15, 0.2) is 0 Å². The molecule has 0 bridgehead atoms. The predicted molar refractivity (Wildman–Crippen MR) is 67.1 cm³/mol. The zero-order chi connectivity index (χ0) is 12.8. The van der Waals surface area contributed by atoms with Gasteiger partial charge in [-0.2, -0.15) is 5.26 Å². The molecule has 0 fully saturated rings. The SMILES string of the molecule is CC[C@@H](C)C(=O)N[C@@H](C#N)c1ccccc1C. The van der Waals surface area contributed by atoms with Crippen molar-refractivity contribution in [1.82, 2.24) is 5.32 Å². The number of carbonyl (C=O) groups excluding carboxylic acids is 1. The van der Waals surface area contributed by atoms with Gasteiger partial charge in [0.2, 0.25) is 5.91 Å². The fourth-order valence-electron chi connectivity index (χ4n) is 1.56. The molecule has 1 amide bonds. The van der Waals surface area contributed by atoms with E-state index in [1.165, 1.54) is 0 Å². The highest BCUT2D eigenvalue weighted by molar-refractivity contribution is 5.79. The molecule has 1 aromatic rings. The smallest absolute Gasteiger partial charge is 0.224 e. The minimum absolute atomic E-state index is 0.0603. The van der Waals surface area contributed by atoms with Crippen LogP contribution in [0.5, 0.6) is 0 Å². The highest BCUT2D eigenvalue weighted by atomic mass is 16.1. The molecule has 0 aliphatic heterocycles. The molecule has 0 saturated carbocycles. The standard InChI is InChI=1S/C14H18N2O/c1-4-10(2)14(17)16-13(9-15)12-8-6-5-7-11(12)3/h5-8,10,13H,4H2,1-3H3,(H,16,17)/t10-,13+/m1/s1. The molecule has 3 heteroatoms. The Kier molecular flexibility index (Phi) is 4.71. The third-order valence-electron chi connectivity index (χ3n) is 2.98. The molecule has 0 unspecified atom stereocenters. The van der Waals surface area contributed by atoms with E-state index in [2.05, 4.69) is 11.4 Å². The van der Waals surface area contributed by atoms with Gasteiger partial charge in [-0.1, -0.05) is 38.1 Å². The van der Waals surface area contributed by atoms with Gasteiger partial charge in [-0.05, 0) is 24.5 Å². The van der Waals surface area contributed by atoms with Crippen LogP contribution >= 0.6 is 0 Å². The second kappa shape index (κ2) is 6.05. The van der Waals surface area contributed by atoms with Crippen LogP contribution in [-0.4, -0.2) is 5.91 Å². The number of nitriles is 1. The zero-order valence-corrected chi connectivity index (χ0v) is 10.5. The highest BCUT2D eigenvalue weighted by Crippen LogP contribution is 2.17. The number of rotatable bonds is 4. The molecule has 0 spiro atoms. The number of nitrogens with zero attached hydrogens (tertiary/aromatic N) is 1. The number of hydrogen-bond donors (Lipinski definition) is 1. The van der Waals surface area contributed by atoms with Crippen molar-refractivity contribution >= 4 is 5.91 Å². The van der Waals surface area contributed by atoms with E-state index in [1.807, 2.05) is 45.0 Å². The molecule has 0 saturated heterocycles. The molecule has 1 N–H and O–H groups in total. The van der Waals surface area contributed by atoms with Gasteiger partial charge in [0.25, 0.3) is 0 Å². The molecule has 0 radical (unpaired) electrons. The van der Waals surface area contributed by atoms with Gasteiger partial charge >= 0.3 is 0 Å².